The zero-order chi connectivity index (χ0) is 13.0. The molecule has 0 aliphatic carbocycles. The maximum Gasteiger partial charge on any atom is 0.289 e. The zero-order valence-electron chi connectivity index (χ0n) is 9.51. The third-order valence-electron chi connectivity index (χ3n) is 2.19. The molecular weight excluding hydrogens is 236 g/mol. The summed E-state index contributed by atoms with van der Waals surface area (Å²) in [5.74, 6) is -0.530. The lowest BCUT2D eigenvalue weighted by molar-refractivity contribution is 0.0842. The maximum atomic E-state index is 11.6. The van der Waals surface area contributed by atoms with Gasteiger partial charge in [-0.3, -0.25) is 25.4 Å². The minimum absolute atomic E-state index is 0.113. The molecule has 2 rings (SSSR count). The van der Waals surface area contributed by atoms with Crippen molar-refractivity contribution in [2.45, 2.75) is 6.92 Å². The van der Waals surface area contributed by atoms with E-state index in [1.807, 2.05) is 0 Å². The number of nitrogens with zero attached hydrogens (tertiary/aromatic N) is 2. The Kier molecular flexibility index (Phi) is 3.33. The Morgan fingerprint density at radius 2 is 2.00 bits per heavy atom. The molecule has 2 N–H and O–H groups in total. The Morgan fingerprint density at radius 1 is 1.22 bits per heavy atom. The van der Waals surface area contributed by atoms with E-state index in [9.17, 15) is 9.59 Å². The number of hydrogen-bond donors (Lipinski definition) is 2. The quantitative estimate of drug-likeness (QED) is 0.750. The van der Waals surface area contributed by atoms with Gasteiger partial charge in [0, 0.05) is 12.4 Å². The fourth-order valence-electron chi connectivity index (χ4n) is 1.28. The first-order valence-corrected chi connectivity index (χ1v) is 5.09. The van der Waals surface area contributed by atoms with Crippen LogP contribution in [0.15, 0.2) is 35.3 Å². The van der Waals surface area contributed by atoms with E-state index in [0.29, 0.717) is 11.3 Å². The van der Waals surface area contributed by atoms with Gasteiger partial charge in [0.05, 0.1) is 18.0 Å². The van der Waals surface area contributed by atoms with E-state index >= 15 is 0 Å². The standard InChI is InChI=1S/C11H10N4O3/c1-7-8(2-5-18-7)10(16)14-15-11(17)9-6-12-3-4-13-9/h2-6H,1H3,(H,14,16)(H,15,17). The Morgan fingerprint density at radius 3 is 2.61 bits per heavy atom. The molecule has 2 aromatic heterocycles. The normalized spacial score (nSPS) is 9.83. The van der Waals surface area contributed by atoms with Crippen LogP contribution in [0.25, 0.3) is 0 Å². The SMILES string of the molecule is Cc1occc1C(=O)NNC(=O)c1cnccn1. The van der Waals surface area contributed by atoms with Gasteiger partial charge in [-0.1, -0.05) is 0 Å². The van der Waals surface area contributed by atoms with Crippen LogP contribution in [0.3, 0.4) is 0 Å². The summed E-state index contributed by atoms with van der Waals surface area (Å²) in [6.45, 7) is 1.65. The van der Waals surface area contributed by atoms with Gasteiger partial charge in [-0.25, -0.2) is 4.98 Å². The molecule has 92 valence electrons. The molecule has 0 aromatic carbocycles. The summed E-state index contributed by atoms with van der Waals surface area (Å²) in [6, 6.07) is 1.51. The molecule has 0 radical (unpaired) electrons. The van der Waals surface area contributed by atoms with Crippen molar-refractivity contribution in [3.8, 4) is 0 Å². The largest absolute Gasteiger partial charge is 0.469 e. The second kappa shape index (κ2) is 5.09. The highest BCUT2D eigenvalue weighted by Crippen LogP contribution is 2.07. The minimum atomic E-state index is -0.544. The van der Waals surface area contributed by atoms with Crippen LogP contribution in [-0.4, -0.2) is 21.8 Å². The molecule has 0 atom stereocenters. The molecule has 2 amide bonds. The van der Waals surface area contributed by atoms with Gasteiger partial charge < -0.3 is 4.42 Å². The minimum Gasteiger partial charge on any atom is -0.469 e. The number of aryl methyl sites for hydroxylation is 1. The second-order valence-electron chi connectivity index (χ2n) is 3.39. The summed E-state index contributed by atoms with van der Waals surface area (Å²) >= 11 is 0. The van der Waals surface area contributed by atoms with Gasteiger partial charge in [0.1, 0.15) is 11.5 Å². The number of amides is 2. The monoisotopic (exact) mass is 246 g/mol. The third kappa shape index (κ3) is 2.51. The van der Waals surface area contributed by atoms with Crippen LogP contribution in [0.1, 0.15) is 26.6 Å². The molecule has 0 fully saturated rings. The van der Waals surface area contributed by atoms with Gasteiger partial charge in [-0.15, -0.1) is 0 Å². The van der Waals surface area contributed by atoms with Crippen LogP contribution < -0.4 is 10.9 Å². The number of nitrogens with one attached hydrogen (secondary N) is 2. The predicted molar refractivity (Wildman–Crippen MR) is 60.4 cm³/mol. The summed E-state index contributed by atoms with van der Waals surface area (Å²) in [5, 5.41) is 0. The lowest BCUT2D eigenvalue weighted by Crippen LogP contribution is -2.42. The predicted octanol–water partition coefficient (Wildman–Crippen LogP) is 0.453. The van der Waals surface area contributed by atoms with Crippen LogP contribution >= 0.6 is 0 Å². The lowest BCUT2D eigenvalue weighted by atomic mass is 10.2. The molecule has 0 bridgehead atoms. The summed E-state index contributed by atoms with van der Waals surface area (Å²) in [4.78, 5) is 30.7. The topological polar surface area (TPSA) is 97.1 Å². The Labute approximate surface area is 102 Å². The fraction of sp³-hybridized carbons (Fsp3) is 0.0909. The van der Waals surface area contributed by atoms with Gasteiger partial charge in [0.15, 0.2) is 0 Å². The molecule has 7 heteroatoms. The number of hydrazine groups is 1. The van der Waals surface area contributed by atoms with Crippen molar-refractivity contribution in [2.75, 3.05) is 0 Å². The van der Waals surface area contributed by atoms with Gasteiger partial charge >= 0.3 is 0 Å². The highest BCUT2D eigenvalue weighted by Gasteiger charge is 2.13. The summed E-state index contributed by atoms with van der Waals surface area (Å²) in [7, 11) is 0. The highest BCUT2D eigenvalue weighted by molar-refractivity contribution is 5.98. The van der Waals surface area contributed by atoms with Crippen molar-refractivity contribution in [1.29, 1.82) is 0 Å². The number of hydrogen-bond acceptors (Lipinski definition) is 5. The summed E-state index contributed by atoms with van der Waals surface area (Å²) in [6.07, 6.45) is 5.53. The number of carbonyl (C=O) groups is 2. The first kappa shape index (κ1) is 11.8. The molecule has 0 spiro atoms. The second-order valence-corrected chi connectivity index (χ2v) is 3.39. The highest BCUT2D eigenvalue weighted by atomic mass is 16.3. The molecule has 18 heavy (non-hydrogen) atoms. The average molecular weight is 246 g/mol. The van der Waals surface area contributed by atoms with E-state index in [-0.39, 0.29) is 5.69 Å². The van der Waals surface area contributed by atoms with Gasteiger partial charge in [-0.2, -0.15) is 0 Å². The lowest BCUT2D eigenvalue weighted by Gasteiger charge is -2.05. The zero-order valence-corrected chi connectivity index (χ0v) is 9.51. The van der Waals surface area contributed by atoms with Crippen molar-refractivity contribution in [3.05, 3.63) is 47.9 Å². The molecular formula is C11H10N4O3. The average Bonchev–Trinajstić information content (AvgIpc) is 2.83. The van der Waals surface area contributed by atoms with Crippen molar-refractivity contribution >= 4 is 11.8 Å². The molecule has 0 unspecified atom stereocenters. The van der Waals surface area contributed by atoms with Crippen LogP contribution in [-0.2, 0) is 0 Å². The Bertz CT molecular complexity index is 565. The number of rotatable bonds is 2. The molecule has 2 aromatic rings. The van der Waals surface area contributed by atoms with Gasteiger partial charge in [-0.05, 0) is 13.0 Å². The van der Waals surface area contributed by atoms with E-state index in [4.69, 9.17) is 4.42 Å². The summed E-state index contributed by atoms with van der Waals surface area (Å²) < 4.78 is 4.98. The third-order valence-corrected chi connectivity index (χ3v) is 2.19. The Hall–Kier alpha value is -2.70. The van der Waals surface area contributed by atoms with Gasteiger partial charge in [0.2, 0.25) is 0 Å². The Balaban J connectivity index is 1.95. The van der Waals surface area contributed by atoms with E-state index in [1.54, 1.807) is 6.92 Å². The van der Waals surface area contributed by atoms with Gasteiger partial charge in [0.25, 0.3) is 11.8 Å². The first-order valence-electron chi connectivity index (χ1n) is 5.09. The maximum absolute atomic E-state index is 11.6. The fourth-order valence-corrected chi connectivity index (χ4v) is 1.28. The smallest absolute Gasteiger partial charge is 0.289 e. The van der Waals surface area contributed by atoms with Crippen molar-refractivity contribution in [2.24, 2.45) is 0 Å². The molecule has 0 aliphatic rings. The summed E-state index contributed by atoms with van der Waals surface area (Å²) in [5.41, 5.74) is 4.96. The van der Waals surface area contributed by atoms with E-state index < -0.39 is 11.8 Å². The van der Waals surface area contributed by atoms with Crippen molar-refractivity contribution in [1.82, 2.24) is 20.8 Å². The number of aromatic nitrogens is 2. The van der Waals surface area contributed by atoms with Crippen LogP contribution in [0, 0.1) is 6.92 Å². The van der Waals surface area contributed by atoms with Crippen LogP contribution in [0.4, 0.5) is 0 Å². The molecule has 7 nitrogen and oxygen atoms in total. The van der Waals surface area contributed by atoms with E-state index in [0.717, 1.165) is 0 Å². The van der Waals surface area contributed by atoms with Crippen LogP contribution in [0.5, 0.6) is 0 Å². The number of carbonyl (C=O) groups excluding carboxylic acids is 2. The molecule has 0 saturated carbocycles. The number of furan rings is 1. The molecule has 2 heterocycles. The first-order chi connectivity index (χ1) is 8.68. The van der Waals surface area contributed by atoms with Crippen molar-refractivity contribution in [3.63, 3.8) is 0 Å². The van der Waals surface area contributed by atoms with E-state index in [1.165, 1.54) is 30.9 Å². The van der Waals surface area contributed by atoms with Crippen LogP contribution in [0.2, 0.25) is 0 Å². The van der Waals surface area contributed by atoms with E-state index in [2.05, 4.69) is 20.8 Å². The molecule has 0 saturated heterocycles. The molecule has 0 aliphatic heterocycles. The van der Waals surface area contributed by atoms with Crippen molar-refractivity contribution < 1.29 is 14.0 Å².